The number of fused-ring (bicyclic) bond motifs is 1. The van der Waals surface area contributed by atoms with Gasteiger partial charge < -0.3 is 0 Å². The number of alkyl halides is 2. The molecule has 2 rings (SSSR count). The molecule has 0 unspecified atom stereocenters. The SMILES string of the molecule is Clc1ccc2cccnc2c1C(Cl)Cl. The van der Waals surface area contributed by atoms with Crippen LogP contribution in [0.3, 0.4) is 0 Å². The second kappa shape index (κ2) is 3.93. The van der Waals surface area contributed by atoms with E-state index in [1.54, 1.807) is 12.3 Å². The molecule has 0 atom stereocenters. The van der Waals surface area contributed by atoms with Crippen LogP contribution in [0, 0.1) is 0 Å². The molecule has 1 nitrogen and oxygen atoms in total. The summed E-state index contributed by atoms with van der Waals surface area (Å²) in [6, 6.07) is 7.47. The maximum atomic E-state index is 5.99. The normalized spacial score (nSPS) is 11.1. The minimum atomic E-state index is -0.652. The van der Waals surface area contributed by atoms with Crippen LogP contribution in [-0.2, 0) is 0 Å². The van der Waals surface area contributed by atoms with Crippen molar-refractivity contribution >= 4 is 45.7 Å². The zero-order valence-electron chi connectivity index (χ0n) is 7.05. The van der Waals surface area contributed by atoms with Crippen molar-refractivity contribution in [1.29, 1.82) is 0 Å². The lowest BCUT2D eigenvalue weighted by Gasteiger charge is -2.07. The molecule has 0 saturated heterocycles. The van der Waals surface area contributed by atoms with E-state index < -0.39 is 4.84 Å². The molecule has 0 radical (unpaired) electrons. The molecular weight excluding hydrogens is 240 g/mol. The summed E-state index contributed by atoms with van der Waals surface area (Å²) in [6.07, 6.45) is 1.69. The third kappa shape index (κ3) is 1.68. The van der Waals surface area contributed by atoms with Crippen molar-refractivity contribution in [1.82, 2.24) is 4.98 Å². The molecule has 0 fully saturated rings. The highest BCUT2D eigenvalue weighted by Crippen LogP contribution is 2.35. The molecule has 0 aliphatic rings. The Labute approximate surface area is 96.6 Å². The van der Waals surface area contributed by atoms with Gasteiger partial charge in [-0.1, -0.05) is 46.9 Å². The summed E-state index contributed by atoms with van der Waals surface area (Å²) >= 11 is 17.6. The fourth-order valence-electron chi connectivity index (χ4n) is 1.35. The summed E-state index contributed by atoms with van der Waals surface area (Å²) in [5, 5.41) is 1.53. The third-order valence-electron chi connectivity index (χ3n) is 1.98. The maximum Gasteiger partial charge on any atom is 0.136 e. The zero-order valence-corrected chi connectivity index (χ0v) is 9.31. The Kier molecular flexibility index (Phi) is 2.82. The van der Waals surface area contributed by atoms with Crippen molar-refractivity contribution in [3.63, 3.8) is 0 Å². The largest absolute Gasteiger partial charge is 0.256 e. The standard InChI is InChI=1S/C10H6Cl3N/c11-7-4-3-6-2-1-5-14-9(6)8(7)10(12)13/h1-5,10H. The van der Waals surface area contributed by atoms with Crippen LogP contribution in [0.1, 0.15) is 10.4 Å². The highest BCUT2D eigenvalue weighted by atomic mass is 35.5. The first kappa shape index (κ1) is 10.0. The van der Waals surface area contributed by atoms with Crippen LogP contribution in [0.15, 0.2) is 30.5 Å². The first-order valence-electron chi connectivity index (χ1n) is 4.01. The van der Waals surface area contributed by atoms with Gasteiger partial charge in [0, 0.05) is 22.2 Å². The minimum absolute atomic E-state index is 0.547. The van der Waals surface area contributed by atoms with Crippen LogP contribution in [0.5, 0.6) is 0 Å². The van der Waals surface area contributed by atoms with E-state index in [0.717, 1.165) is 10.9 Å². The van der Waals surface area contributed by atoms with Gasteiger partial charge in [-0.2, -0.15) is 0 Å². The molecule has 0 N–H and O–H groups in total. The van der Waals surface area contributed by atoms with E-state index >= 15 is 0 Å². The number of pyridine rings is 1. The van der Waals surface area contributed by atoms with Crippen molar-refractivity contribution in [3.8, 4) is 0 Å². The van der Waals surface area contributed by atoms with Crippen molar-refractivity contribution < 1.29 is 0 Å². The van der Waals surface area contributed by atoms with Gasteiger partial charge in [-0.15, -0.1) is 0 Å². The van der Waals surface area contributed by atoms with Crippen molar-refractivity contribution in [2.24, 2.45) is 0 Å². The van der Waals surface area contributed by atoms with Gasteiger partial charge in [0.1, 0.15) is 4.84 Å². The van der Waals surface area contributed by atoms with Gasteiger partial charge in [0.25, 0.3) is 0 Å². The number of nitrogens with zero attached hydrogens (tertiary/aromatic N) is 1. The summed E-state index contributed by atoms with van der Waals surface area (Å²) < 4.78 is 0. The van der Waals surface area contributed by atoms with E-state index in [1.165, 1.54) is 0 Å². The molecule has 0 saturated carbocycles. The number of rotatable bonds is 1. The molecule has 0 spiro atoms. The highest BCUT2D eigenvalue weighted by molar-refractivity contribution is 6.46. The van der Waals surface area contributed by atoms with Gasteiger partial charge in [0.05, 0.1) is 5.52 Å². The van der Waals surface area contributed by atoms with Crippen LogP contribution in [-0.4, -0.2) is 4.98 Å². The lowest BCUT2D eigenvalue weighted by molar-refractivity contribution is 1.31. The van der Waals surface area contributed by atoms with Gasteiger partial charge in [-0.05, 0) is 12.1 Å². The van der Waals surface area contributed by atoms with Crippen LogP contribution in [0.25, 0.3) is 10.9 Å². The predicted molar refractivity (Wildman–Crippen MR) is 61.2 cm³/mol. The molecule has 14 heavy (non-hydrogen) atoms. The molecule has 72 valence electrons. The van der Waals surface area contributed by atoms with E-state index in [0.29, 0.717) is 10.6 Å². The molecule has 0 aliphatic carbocycles. The fourth-order valence-corrected chi connectivity index (χ4v) is 2.17. The van der Waals surface area contributed by atoms with Crippen LogP contribution < -0.4 is 0 Å². The quantitative estimate of drug-likeness (QED) is 0.681. The Bertz CT molecular complexity index is 468. The Morgan fingerprint density at radius 3 is 2.64 bits per heavy atom. The number of hydrogen-bond acceptors (Lipinski definition) is 1. The summed E-state index contributed by atoms with van der Waals surface area (Å²) in [7, 11) is 0. The molecule has 1 heterocycles. The second-order valence-corrected chi connectivity index (χ2v) is 4.34. The number of hydrogen-bond donors (Lipinski definition) is 0. The number of benzene rings is 1. The van der Waals surface area contributed by atoms with Gasteiger partial charge in [-0.3, -0.25) is 4.98 Å². The van der Waals surface area contributed by atoms with E-state index in [9.17, 15) is 0 Å². The smallest absolute Gasteiger partial charge is 0.136 e. The van der Waals surface area contributed by atoms with Crippen LogP contribution in [0.2, 0.25) is 5.02 Å². The lowest BCUT2D eigenvalue weighted by Crippen LogP contribution is -1.89. The zero-order chi connectivity index (χ0) is 10.1. The monoisotopic (exact) mass is 245 g/mol. The third-order valence-corrected chi connectivity index (χ3v) is 2.74. The van der Waals surface area contributed by atoms with Crippen molar-refractivity contribution in [2.45, 2.75) is 4.84 Å². The summed E-state index contributed by atoms with van der Waals surface area (Å²) in [5.74, 6) is 0. The molecule has 4 heteroatoms. The van der Waals surface area contributed by atoms with Gasteiger partial charge >= 0.3 is 0 Å². The summed E-state index contributed by atoms with van der Waals surface area (Å²) in [4.78, 5) is 3.56. The molecule has 1 aromatic carbocycles. The number of aromatic nitrogens is 1. The molecular formula is C10H6Cl3N. The maximum absolute atomic E-state index is 5.99. The Hall–Kier alpha value is -0.500. The molecule has 0 amide bonds. The molecule has 2 aromatic rings. The summed E-state index contributed by atoms with van der Waals surface area (Å²) in [6.45, 7) is 0. The van der Waals surface area contributed by atoms with Crippen LogP contribution >= 0.6 is 34.8 Å². The molecule has 0 bridgehead atoms. The minimum Gasteiger partial charge on any atom is -0.256 e. The fraction of sp³-hybridized carbons (Fsp3) is 0.100. The van der Waals surface area contributed by atoms with Crippen molar-refractivity contribution in [3.05, 3.63) is 41.0 Å². The number of halogens is 3. The summed E-state index contributed by atoms with van der Waals surface area (Å²) in [5.41, 5.74) is 1.43. The van der Waals surface area contributed by atoms with Gasteiger partial charge in [0.2, 0.25) is 0 Å². The van der Waals surface area contributed by atoms with Gasteiger partial charge in [0.15, 0.2) is 0 Å². The van der Waals surface area contributed by atoms with E-state index in [4.69, 9.17) is 34.8 Å². The molecule has 0 aliphatic heterocycles. The van der Waals surface area contributed by atoms with E-state index in [1.807, 2.05) is 18.2 Å². The Balaban J connectivity index is 2.83. The lowest BCUT2D eigenvalue weighted by atomic mass is 10.1. The topological polar surface area (TPSA) is 12.9 Å². The highest BCUT2D eigenvalue weighted by Gasteiger charge is 2.13. The van der Waals surface area contributed by atoms with Crippen molar-refractivity contribution in [2.75, 3.05) is 0 Å². The van der Waals surface area contributed by atoms with E-state index in [2.05, 4.69) is 4.98 Å². The predicted octanol–water partition coefficient (Wildman–Crippen LogP) is 4.36. The Morgan fingerprint density at radius 2 is 1.93 bits per heavy atom. The van der Waals surface area contributed by atoms with Gasteiger partial charge in [-0.25, -0.2) is 0 Å². The average Bonchev–Trinajstić information content (AvgIpc) is 2.17. The van der Waals surface area contributed by atoms with E-state index in [-0.39, 0.29) is 0 Å². The first-order valence-corrected chi connectivity index (χ1v) is 5.26. The molecule has 1 aromatic heterocycles. The van der Waals surface area contributed by atoms with Crippen LogP contribution in [0.4, 0.5) is 0 Å². The second-order valence-electron chi connectivity index (χ2n) is 2.84. The Morgan fingerprint density at radius 1 is 1.14 bits per heavy atom. The average molecular weight is 247 g/mol. The first-order chi connectivity index (χ1) is 6.70.